The largest absolute Gasteiger partial charge is 0.325 e. The first-order valence-corrected chi connectivity index (χ1v) is 11.2. The summed E-state index contributed by atoms with van der Waals surface area (Å²) < 4.78 is 0. The van der Waals surface area contributed by atoms with E-state index in [9.17, 15) is 9.59 Å². The lowest BCUT2D eigenvalue weighted by Gasteiger charge is -2.39. The Morgan fingerprint density at radius 1 is 0.906 bits per heavy atom. The number of Topliss-reactive ketones (excluding diaryl/α,β-unsaturated/α-hetero) is 1. The van der Waals surface area contributed by atoms with E-state index in [1.165, 1.54) is 18.1 Å². The van der Waals surface area contributed by atoms with Crippen LogP contribution in [-0.4, -0.2) is 21.7 Å². The van der Waals surface area contributed by atoms with Crippen LogP contribution >= 0.6 is 0 Å². The van der Waals surface area contributed by atoms with Crippen molar-refractivity contribution in [2.24, 2.45) is 5.41 Å². The van der Waals surface area contributed by atoms with Gasteiger partial charge in [-0.1, -0.05) is 32.9 Å². The molecular formula is C27H29N3O2. The minimum absolute atomic E-state index is 0.0257. The highest BCUT2D eigenvalue weighted by molar-refractivity contribution is 6.03. The van der Waals surface area contributed by atoms with Crippen LogP contribution in [0.4, 0.5) is 5.69 Å². The highest BCUT2D eigenvalue weighted by Crippen LogP contribution is 2.70. The highest BCUT2D eigenvalue weighted by Gasteiger charge is 2.73. The number of carbonyl (C=O) groups is 2. The van der Waals surface area contributed by atoms with Gasteiger partial charge in [-0.2, -0.15) is 0 Å². The van der Waals surface area contributed by atoms with Gasteiger partial charge in [0, 0.05) is 16.7 Å². The number of aryl methyl sites for hydroxylation is 2. The zero-order valence-electron chi connectivity index (χ0n) is 19.6. The van der Waals surface area contributed by atoms with E-state index in [0.29, 0.717) is 11.3 Å². The molecule has 2 bridgehead atoms. The van der Waals surface area contributed by atoms with E-state index < -0.39 is 5.41 Å². The van der Waals surface area contributed by atoms with Crippen molar-refractivity contribution < 1.29 is 9.59 Å². The lowest BCUT2D eigenvalue weighted by molar-refractivity contribution is -0.125. The summed E-state index contributed by atoms with van der Waals surface area (Å²) in [4.78, 5) is 36.0. The van der Waals surface area contributed by atoms with Crippen LogP contribution in [0.1, 0.15) is 73.4 Å². The molecule has 3 aromatic rings. The van der Waals surface area contributed by atoms with Gasteiger partial charge in [0.05, 0.1) is 27.8 Å². The Kier molecular flexibility index (Phi) is 4.21. The van der Waals surface area contributed by atoms with Gasteiger partial charge < -0.3 is 5.32 Å². The van der Waals surface area contributed by atoms with Gasteiger partial charge in [-0.25, -0.2) is 9.97 Å². The van der Waals surface area contributed by atoms with Crippen molar-refractivity contribution in [2.45, 2.75) is 65.2 Å². The van der Waals surface area contributed by atoms with Gasteiger partial charge in [-0.3, -0.25) is 9.59 Å². The maximum atomic E-state index is 14.0. The average Bonchev–Trinajstić information content (AvgIpc) is 3.03. The predicted octanol–water partition coefficient (Wildman–Crippen LogP) is 5.42. The molecule has 1 N–H and O–H groups in total. The minimum Gasteiger partial charge on any atom is -0.325 e. The number of ketones is 1. The number of aromatic nitrogens is 2. The number of hydrogen-bond donors (Lipinski definition) is 1. The molecule has 5 nitrogen and oxygen atoms in total. The molecule has 0 saturated heterocycles. The van der Waals surface area contributed by atoms with Crippen LogP contribution in [0, 0.1) is 19.3 Å². The van der Waals surface area contributed by atoms with Gasteiger partial charge >= 0.3 is 0 Å². The Morgan fingerprint density at radius 2 is 1.53 bits per heavy atom. The van der Waals surface area contributed by atoms with Crippen molar-refractivity contribution in [1.82, 2.24) is 9.97 Å². The second-order valence-corrected chi connectivity index (χ2v) is 10.3. The molecule has 2 aliphatic carbocycles. The fourth-order valence-electron chi connectivity index (χ4n) is 5.91. The number of benzene rings is 2. The van der Waals surface area contributed by atoms with Gasteiger partial charge in [0.2, 0.25) is 5.91 Å². The fraction of sp³-hybridized carbons (Fsp3) is 0.407. The standard InChI is InChI=1S/C27H29N3O2/c1-15-12-20-21(13-16(15)2)30-23-22(29-20)26(6)10-11-27(23,25(26,4)5)24(32)28-19-9-7-8-18(14-19)17(3)31/h7-9,12-14H,10-11H2,1-6H3,(H,28,32). The van der Waals surface area contributed by atoms with E-state index in [2.05, 4.69) is 52.1 Å². The number of fused-ring (bicyclic) bond motifs is 6. The molecule has 0 spiro atoms. The first-order chi connectivity index (χ1) is 15.0. The van der Waals surface area contributed by atoms with Crippen LogP contribution in [0.5, 0.6) is 0 Å². The number of anilines is 1. The zero-order chi connectivity index (χ0) is 23.1. The Hall–Kier alpha value is -3.08. The molecule has 1 heterocycles. The summed E-state index contributed by atoms with van der Waals surface area (Å²) in [6.45, 7) is 12.3. The molecule has 5 heteroatoms. The summed E-state index contributed by atoms with van der Waals surface area (Å²) in [5, 5.41) is 3.12. The summed E-state index contributed by atoms with van der Waals surface area (Å²) in [5.74, 6) is -0.0922. The Balaban J connectivity index is 1.68. The van der Waals surface area contributed by atoms with E-state index in [-0.39, 0.29) is 22.5 Å². The SMILES string of the molecule is CC(=O)c1cccc(NC(=O)C23CCC(C)(c4nc5cc(C)c(C)cc5nc42)C3(C)C)c1. The molecule has 1 aromatic heterocycles. The third-order valence-corrected chi connectivity index (χ3v) is 8.57. The summed E-state index contributed by atoms with van der Waals surface area (Å²) in [7, 11) is 0. The monoisotopic (exact) mass is 427 g/mol. The first-order valence-electron chi connectivity index (χ1n) is 11.2. The fourth-order valence-corrected chi connectivity index (χ4v) is 5.91. The minimum atomic E-state index is -0.775. The first kappa shape index (κ1) is 20.8. The molecule has 1 amide bonds. The molecule has 0 radical (unpaired) electrons. The zero-order valence-corrected chi connectivity index (χ0v) is 19.6. The summed E-state index contributed by atoms with van der Waals surface area (Å²) in [6.07, 6.45) is 1.62. The highest BCUT2D eigenvalue weighted by atomic mass is 16.2. The number of rotatable bonds is 3. The third kappa shape index (κ3) is 2.45. The second-order valence-electron chi connectivity index (χ2n) is 10.3. The number of carbonyl (C=O) groups excluding carboxylic acids is 2. The summed E-state index contributed by atoms with van der Waals surface area (Å²) in [5.41, 5.74) is 5.71. The molecule has 2 atom stereocenters. The predicted molar refractivity (Wildman–Crippen MR) is 126 cm³/mol. The van der Waals surface area contributed by atoms with Crippen molar-refractivity contribution in [3.05, 3.63) is 64.5 Å². The van der Waals surface area contributed by atoms with Gasteiger partial charge in [-0.15, -0.1) is 0 Å². The maximum absolute atomic E-state index is 14.0. The number of hydrogen-bond acceptors (Lipinski definition) is 4. The Bertz CT molecular complexity index is 1330. The molecule has 2 aliphatic rings. The molecule has 32 heavy (non-hydrogen) atoms. The van der Waals surface area contributed by atoms with E-state index >= 15 is 0 Å². The van der Waals surface area contributed by atoms with Crippen molar-refractivity contribution >= 4 is 28.4 Å². The molecule has 0 aliphatic heterocycles. The third-order valence-electron chi connectivity index (χ3n) is 8.57. The van der Waals surface area contributed by atoms with Crippen LogP contribution < -0.4 is 5.32 Å². The van der Waals surface area contributed by atoms with Crippen LogP contribution in [0.15, 0.2) is 36.4 Å². The quantitative estimate of drug-likeness (QED) is 0.567. The van der Waals surface area contributed by atoms with Crippen molar-refractivity contribution in [3.8, 4) is 0 Å². The summed E-state index contributed by atoms with van der Waals surface area (Å²) >= 11 is 0. The Morgan fingerprint density at radius 3 is 2.16 bits per heavy atom. The number of nitrogens with one attached hydrogen (secondary N) is 1. The van der Waals surface area contributed by atoms with Gasteiger partial charge in [0.25, 0.3) is 0 Å². The van der Waals surface area contributed by atoms with Gasteiger partial charge in [0.15, 0.2) is 5.78 Å². The summed E-state index contributed by atoms with van der Waals surface area (Å²) in [6, 6.07) is 11.3. The molecule has 2 unspecified atom stereocenters. The van der Waals surface area contributed by atoms with Crippen molar-refractivity contribution in [3.63, 3.8) is 0 Å². The molecule has 1 fully saturated rings. The number of nitrogens with zero attached hydrogens (tertiary/aromatic N) is 2. The Labute approximate surface area is 188 Å². The molecule has 164 valence electrons. The van der Waals surface area contributed by atoms with Crippen LogP contribution in [0.25, 0.3) is 11.0 Å². The average molecular weight is 428 g/mol. The van der Waals surface area contributed by atoms with E-state index in [0.717, 1.165) is 35.3 Å². The van der Waals surface area contributed by atoms with Crippen molar-refractivity contribution in [1.29, 1.82) is 0 Å². The van der Waals surface area contributed by atoms with Crippen LogP contribution in [-0.2, 0) is 15.6 Å². The van der Waals surface area contributed by atoms with Gasteiger partial charge in [-0.05, 0) is 74.4 Å². The van der Waals surface area contributed by atoms with Crippen LogP contribution in [0.2, 0.25) is 0 Å². The maximum Gasteiger partial charge on any atom is 0.237 e. The smallest absolute Gasteiger partial charge is 0.237 e. The van der Waals surface area contributed by atoms with E-state index in [1.54, 1.807) is 18.2 Å². The van der Waals surface area contributed by atoms with Gasteiger partial charge in [0.1, 0.15) is 0 Å². The second kappa shape index (κ2) is 6.47. The molecule has 1 saturated carbocycles. The molecular weight excluding hydrogens is 398 g/mol. The normalized spacial score (nSPS) is 25.1. The van der Waals surface area contributed by atoms with E-state index in [4.69, 9.17) is 9.97 Å². The topological polar surface area (TPSA) is 72.0 Å². The lowest BCUT2D eigenvalue weighted by Crippen LogP contribution is -2.48. The molecule has 2 aromatic carbocycles. The lowest BCUT2D eigenvalue weighted by atomic mass is 9.63. The van der Waals surface area contributed by atoms with Crippen LogP contribution in [0.3, 0.4) is 0 Å². The van der Waals surface area contributed by atoms with Crippen molar-refractivity contribution in [2.75, 3.05) is 5.32 Å². The molecule has 5 rings (SSSR count). The number of amides is 1. The van der Waals surface area contributed by atoms with E-state index in [1.807, 2.05) is 6.07 Å².